The van der Waals surface area contributed by atoms with Crippen LogP contribution in [0.1, 0.15) is 22.3 Å². The van der Waals surface area contributed by atoms with Crippen molar-refractivity contribution in [2.24, 2.45) is 0 Å². The lowest BCUT2D eigenvalue weighted by Gasteiger charge is -2.28. The SMILES string of the molecule is Cc1cc(N(c2ccc(O)c(C)c2)c2ccccc2Oc2cc(O)c(C)cc2C)ccc1O. The molecule has 0 aliphatic carbocycles. The highest BCUT2D eigenvalue weighted by molar-refractivity contribution is 5.81. The molecule has 0 aromatic heterocycles. The van der Waals surface area contributed by atoms with Crippen LogP contribution in [0.15, 0.2) is 72.8 Å². The molecule has 0 saturated carbocycles. The van der Waals surface area contributed by atoms with Gasteiger partial charge in [-0.05, 0) is 105 Å². The fourth-order valence-electron chi connectivity index (χ4n) is 3.76. The average molecular weight is 442 g/mol. The minimum atomic E-state index is 0.174. The van der Waals surface area contributed by atoms with E-state index in [1.165, 1.54) is 0 Å². The molecule has 4 rings (SSSR count). The molecule has 0 radical (unpaired) electrons. The van der Waals surface area contributed by atoms with E-state index in [1.807, 2.05) is 87.2 Å². The van der Waals surface area contributed by atoms with Crippen molar-refractivity contribution >= 4 is 17.1 Å². The largest absolute Gasteiger partial charge is 0.508 e. The molecule has 5 nitrogen and oxygen atoms in total. The summed E-state index contributed by atoms with van der Waals surface area (Å²) in [5.41, 5.74) is 5.61. The van der Waals surface area contributed by atoms with Gasteiger partial charge >= 0.3 is 0 Å². The molecule has 0 saturated heterocycles. The fourth-order valence-corrected chi connectivity index (χ4v) is 3.76. The van der Waals surface area contributed by atoms with Gasteiger partial charge in [0.2, 0.25) is 0 Å². The normalized spacial score (nSPS) is 10.8. The Balaban J connectivity index is 1.88. The maximum atomic E-state index is 10.2. The number of phenols is 3. The van der Waals surface area contributed by atoms with Crippen LogP contribution < -0.4 is 9.64 Å². The first kappa shape index (κ1) is 22.1. The number of hydrogen-bond donors (Lipinski definition) is 3. The van der Waals surface area contributed by atoms with Gasteiger partial charge in [0.1, 0.15) is 23.0 Å². The first-order valence-electron chi connectivity index (χ1n) is 10.7. The summed E-state index contributed by atoms with van der Waals surface area (Å²) in [5.74, 6) is 1.77. The molecule has 0 spiro atoms. The van der Waals surface area contributed by atoms with Crippen LogP contribution in [0.4, 0.5) is 17.1 Å². The molecule has 0 bridgehead atoms. The number of ether oxygens (including phenoxy) is 1. The van der Waals surface area contributed by atoms with Crippen LogP contribution in [0, 0.1) is 27.7 Å². The topological polar surface area (TPSA) is 73.2 Å². The monoisotopic (exact) mass is 441 g/mol. The molecule has 0 heterocycles. The summed E-state index contributed by atoms with van der Waals surface area (Å²) in [7, 11) is 0. The minimum Gasteiger partial charge on any atom is -0.508 e. The molecule has 3 N–H and O–H groups in total. The number of anilines is 3. The summed E-state index contributed by atoms with van der Waals surface area (Å²) < 4.78 is 6.31. The van der Waals surface area contributed by atoms with Crippen molar-refractivity contribution in [2.45, 2.75) is 27.7 Å². The molecule has 0 aliphatic heterocycles. The van der Waals surface area contributed by atoms with E-state index in [0.29, 0.717) is 11.5 Å². The first-order chi connectivity index (χ1) is 15.7. The van der Waals surface area contributed by atoms with Gasteiger partial charge in [-0.15, -0.1) is 0 Å². The number of aryl methyl sites for hydroxylation is 4. The zero-order chi connectivity index (χ0) is 23.7. The van der Waals surface area contributed by atoms with E-state index in [9.17, 15) is 15.3 Å². The molecule has 168 valence electrons. The number of aromatic hydroxyl groups is 3. The first-order valence-corrected chi connectivity index (χ1v) is 10.7. The van der Waals surface area contributed by atoms with Gasteiger partial charge in [0.05, 0.1) is 5.69 Å². The highest BCUT2D eigenvalue weighted by Gasteiger charge is 2.19. The van der Waals surface area contributed by atoms with E-state index in [0.717, 1.165) is 39.3 Å². The van der Waals surface area contributed by atoms with Crippen LogP contribution in [0.25, 0.3) is 0 Å². The predicted octanol–water partition coefficient (Wildman–Crippen LogP) is 7.30. The van der Waals surface area contributed by atoms with Crippen molar-refractivity contribution < 1.29 is 20.1 Å². The highest BCUT2D eigenvalue weighted by Crippen LogP contribution is 2.44. The Morgan fingerprint density at radius 2 is 1.09 bits per heavy atom. The third-order valence-corrected chi connectivity index (χ3v) is 5.70. The van der Waals surface area contributed by atoms with E-state index < -0.39 is 0 Å². The third kappa shape index (κ3) is 4.44. The summed E-state index contributed by atoms with van der Waals surface area (Å²) in [6, 6.07) is 22.0. The summed E-state index contributed by atoms with van der Waals surface area (Å²) in [4.78, 5) is 2.01. The van der Waals surface area contributed by atoms with Crippen molar-refractivity contribution in [3.63, 3.8) is 0 Å². The lowest BCUT2D eigenvalue weighted by atomic mass is 10.1. The number of rotatable bonds is 5. The standard InChI is InChI=1S/C28H27NO4/c1-17-13-20(4)28(16-26(17)32)33-27-8-6-5-7-23(27)29(21-9-11-24(30)18(2)14-21)22-10-12-25(31)19(3)15-22/h5-16,30-32H,1-4H3. The maximum Gasteiger partial charge on any atom is 0.151 e. The van der Waals surface area contributed by atoms with Crippen LogP contribution in [0.3, 0.4) is 0 Å². The Labute approximate surface area is 193 Å². The summed E-state index contributed by atoms with van der Waals surface area (Å²) >= 11 is 0. The second-order valence-corrected chi connectivity index (χ2v) is 8.25. The number of hydrogen-bond acceptors (Lipinski definition) is 5. The van der Waals surface area contributed by atoms with Gasteiger partial charge in [-0.2, -0.15) is 0 Å². The smallest absolute Gasteiger partial charge is 0.151 e. The highest BCUT2D eigenvalue weighted by atomic mass is 16.5. The quantitative estimate of drug-likeness (QED) is 0.303. The van der Waals surface area contributed by atoms with E-state index in [2.05, 4.69) is 0 Å². The zero-order valence-electron chi connectivity index (χ0n) is 19.1. The van der Waals surface area contributed by atoms with E-state index in [-0.39, 0.29) is 17.2 Å². The van der Waals surface area contributed by atoms with Crippen LogP contribution in [-0.2, 0) is 0 Å². The summed E-state index contributed by atoms with van der Waals surface area (Å²) in [6.45, 7) is 7.48. The van der Waals surface area contributed by atoms with Crippen molar-refractivity contribution in [3.05, 3.63) is 95.1 Å². The van der Waals surface area contributed by atoms with Crippen molar-refractivity contribution in [3.8, 4) is 28.7 Å². The van der Waals surface area contributed by atoms with E-state index in [1.54, 1.807) is 18.2 Å². The molecule has 0 amide bonds. The number of phenolic OH excluding ortho intramolecular Hbond substituents is 3. The van der Waals surface area contributed by atoms with Gasteiger partial charge in [0.25, 0.3) is 0 Å². The molecule has 0 fully saturated rings. The van der Waals surface area contributed by atoms with Gasteiger partial charge in [0, 0.05) is 17.4 Å². The van der Waals surface area contributed by atoms with Gasteiger partial charge in [-0.25, -0.2) is 0 Å². The average Bonchev–Trinajstić information content (AvgIpc) is 2.78. The second-order valence-electron chi connectivity index (χ2n) is 8.25. The Morgan fingerprint density at radius 3 is 1.67 bits per heavy atom. The Bertz CT molecular complexity index is 1280. The number of benzene rings is 4. The van der Waals surface area contributed by atoms with Crippen LogP contribution >= 0.6 is 0 Å². The molecule has 5 heteroatoms. The van der Waals surface area contributed by atoms with E-state index in [4.69, 9.17) is 4.74 Å². The molecule has 0 atom stereocenters. The van der Waals surface area contributed by atoms with Gasteiger partial charge < -0.3 is 25.0 Å². The van der Waals surface area contributed by atoms with Crippen molar-refractivity contribution in [1.82, 2.24) is 0 Å². The maximum absolute atomic E-state index is 10.2. The molecule has 4 aromatic carbocycles. The third-order valence-electron chi connectivity index (χ3n) is 5.70. The molecule has 4 aromatic rings. The molecular formula is C28H27NO4. The fraction of sp³-hybridized carbons (Fsp3) is 0.143. The molecule has 33 heavy (non-hydrogen) atoms. The zero-order valence-corrected chi connectivity index (χ0v) is 19.1. The Hall–Kier alpha value is -4.12. The molecule has 0 unspecified atom stereocenters. The molecular weight excluding hydrogens is 414 g/mol. The summed E-state index contributed by atoms with van der Waals surface area (Å²) in [5, 5.41) is 30.4. The lowest BCUT2D eigenvalue weighted by molar-refractivity contribution is 0.450. The lowest BCUT2D eigenvalue weighted by Crippen LogP contribution is -2.11. The Kier molecular flexibility index (Phi) is 5.88. The minimum absolute atomic E-state index is 0.174. The molecule has 0 aliphatic rings. The van der Waals surface area contributed by atoms with Crippen LogP contribution in [0.2, 0.25) is 0 Å². The summed E-state index contributed by atoms with van der Waals surface area (Å²) in [6.07, 6.45) is 0. The van der Waals surface area contributed by atoms with Crippen LogP contribution in [0.5, 0.6) is 28.7 Å². The second kappa shape index (κ2) is 8.79. The number of para-hydroxylation sites is 2. The van der Waals surface area contributed by atoms with E-state index >= 15 is 0 Å². The van der Waals surface area contributed by atoms with Crippen LogP contribution in [-0.4, -0.2) is 15.3 Å². The Morgan fingerprint density at radius 1 is 0.545 bits per heavy atom. The van der Waals surface area contributed by atoms with Gasteiger partial charge in [0.15, 0.2) is 5.75 Å². The van der Waals surface area contributed by atoms with Crippen molar-refractivity contribution in [1.29, 1.82) is 0 Å². The van der Waals surface area contributed by atoms with Gasteiger partial charge in [-0.1, -0.05) is 12.1 Å². The van der Waals surface area contributed by atoms with Gasteiger partial charge in [-0.3, -0.25) is 0 Å². The van der Waals surface area contributed by atoms with Crippen molar-refractivity contribution in [2.75, 3.05) is 4.90 Å². The number of nitrogens with zero attached hydrogens (tertiary/aromatic N) is 1. The predicted molar refractivity (Wildman–Crippen MR) is 132 cm³/mol.